The van der Waals surface area contributed by atoms with Crippen molar-refractivity contribution in [3.05, 3.63) is 36.0 Å². The first-order valence-corrected chi connectivity index (χ1v) is 6.02. The molecule has 1 heterocycles. The average molecular weight is 246 g/mol. The van der Waals surface area contributed by atoms with Crippen molar-refractivity contribution in [2.24, 2.45) is 5.73 Å². The maximum atomic E-state index is 5.48. The smallest absolute Gasteiger partial charge is 0.113 e. The minimum Gasteiger partial charge on any atom is -0.380 e. The molecule has 2 N–H and O–H groups in total. The van der Waals surface area contributed by atoms with Gasteiger partial charge in [0.15, 0.2) is 0 Å². The fourth-order valence-electron chi connectivity index (χ4n) is 1.84. The molecule has 0 atom stereocenters. The first-order chi connectivity index (χ1) is 8.85. The minimum atomic E-state index is 0.575. The van der Waals surface area contributed by atoms with Gasteiger partial charge in [-0.05, 0) is 18.5 Å². The van der Waals surface area contributed by atoms with Crippen LogP contribution in [0.25, 0.3) is 11.3 Å². The third-order valence-corrected chi connectivity index (χ3v) is 2.72. The van der Waals surface area contributed by atoms with E-state index in [2.05, 4.69) is 10.3 Å². The van der Waals surface area contributed by atoms with Crippen LogP contribution < -0.4 is 5.73 Å². The van der Waals surface area contributed by atoms with Gasteiger partial charge in [-0.25, -0.2) is 0 Å². The molecule has 0 aliphatic carbocycles. The van der Waals surface area contributed by atoms with Crippen molar-refractivity contribution in [1.82, 2.24) is 15.0 Å². The van der Waals surface area contributed by atoms with E-state index in [1.807, 2.05) is 35.1 Å². The maximum Gasteiger partial charge on any atom is 0.113 e. The summed E-state index contributed by atoms with van der Waals surface area (Å²) < 4.78 is 7.02. The van der Waals surface area contributed by atoms with Crippen LogP contribution in [0.15, 0.2) is 30.5 Å². The van der Waals surface area contributed by atoms with Crippen molar-refractivity contribution in [2.45, 2.75) is 19.6 Å². The molecule has 2 aromatic rings. The molecule has 2 rings (SSSR count). The molecule has 0 radical (unpaired) electrons. The summed E-state index contributed by atoms with van der Waals surface area (Å²) >= 11 is 0. The van der Waals surface area contributed by atoms with Crippen molar-refractivity contribution < 1.29 is 4.74 Å². The van der Waals surface area contributed by atoms with Crippen LogP contribution in [0.1, 0.15) is 12.0 Å². The number of hydrogen-bond acceptors (Lipinski definition) is 4. The molecule has 5 nitrogen and oxygen atoms in total. The summed E-state index contributed by atoms with van der Waals surface area (Å²) in [6.45, 7) is 2.04. The zero-order valence-electron chi connectivity index (χ0n) is 10.5. The van der Waals surface area contributed by atoms with Crippen LogP contribution >= 0.6 is 0 Å². The number of aryl methyl sites for hydroxylation is 1. The van der Waals surface area contributed by atoms with E-state index in [1.54, 1.807) is 7.11 Å². The molecule has 0 aliphatic rings. The van der Waals surface area contributed by atoms with Crippen LogP contribution in [0.3, 0.4) is 0 Å². The lowest BCUT2D eigenvalue weighted by atomic mass is 10.1. The number of nitrogens with zero attached hydrogens (tertiary/aromatic N) is 3. The van der Waals surface area contributed by atoms with Gasteiger partial charge < -0.3 is 10.5 Å². The summed E-state index contributed by atoms with van der Waals surface area (Å²) in [5, 5.41) is 8.30. The van der Waals surface area contributed by atoms with Crippen LogP contribution in [-0.2, 0) is 17.9 Å². The third kappa shape index (κ3) is 2.94. The Balaban J connectivity index is 2.22. The van der Waals surface area contributed by atoms with E-state index in [0.29, 0.717) is 13.2 Å². The molecule has 0 spiro atoms. The van der Waals surface area contributed by atoms with Crippen molar-refractivity contribution in [1.29, 1.82) is 0 Å². The zero-order chi connectivity index (χ0) is 12.8. The van der Waals surface area contributed by atoms with E-state index in [-0.39, 0.29) is 0 Å². The second-order valence-corrected chi connectivity index (χ2v) is 4.10. The van der Waals surface area contributed by atoms with Gasteiger partial charge in [-0.2, -0.15) is 0 Å². The van der Waals surface area contributed by atoms with Gasteiger partial charge in [0.1, 0.15) is 5.69 Å². The van der Waals surface area contributed by atoms with E-state index < -0.39 is 0 Å². The molecule has 0 fully saturated rings. The Kier molecular flexibility index (Phi) is 4.44. The molecular weight excluding hydrogens is 228 g/mol. The van der Waals surface area contributed by atoms with E-state index in [1.165, 1.54) is 0 Å². The second-order valence-electron chi connectivity index (χ2n) is 4.10. The largest absolute Gasteiger partial charge is 0.380 e. The molecule has 96 valence electrons. The Morgan fingerprint density at radius 3 is 2.94 bits per heavy atom. The molecule has 0 saturated heterocycles. The highest BCUT2D eigenvalue weighted by atomic mass is 16.5. The summed E-state index contributed by atoms with van der Waals surface area (Å²) in [6.07, 6.45) is 2.85. The van der Waals surface area contributed by atoms with Crippen LogP contribution in [0.5, 0.6) is 0 Å². The van der Waals surface area contributed by atoms with E-state index in [0.717, 1.165) is 29.8 Å². The van der Waals surface area contributed by atoms with E-state index in [9.17, 15) is 0 Å². The van der Waals surface area contributed by atoms with Crippen LogP contribution in [0.2, 0.25) is 0 Å². The third-order valence-electron chi connectivity index (χ3n) is 2.72. The van der Waals surface area contributed by atoms with Crippen molar-refractivity contribution >= 4 is 0 Å². The fourth-order valence-corrected chi connectivity index (χ4v) is 1.84. The Morgan fingerprint density at radius 1 is 1.33 bits per heavy atom. The van der Waals surface area contributed by atoms with Gasteiger partial charge in [-0.15, -0.1) is 5.10 Å². The topological polar surface area (TPSA) is 66.0 Å². The normalized spacial score (nSPS) is 10.8. The van der Waals surface area contributed by atoms with Crippen LogP contribution in [0.4, 0.5) is 0 Å². The Morgan fingerprint density at radius 2 is 2.17 bits per heavy atom. The van der Waals surface area contributed by atoms with Gasteiger partial charge in [0.2, 0.25) is 0 Å². The molecule has 18 heavy (non-hydrogen) atoms. The first kappa shape index (κ1) is 12.7. The maximum absolute atomic E-state index is 5.48. The molecule has 5 heteroatoms. The molecule has 0 saturated carbocycles. The number of methoxy groups -OCH3 is 1. The molecular formula is C13H18N4O. The van der Waals surface area contributed by atoms with E-state index in [4.69, 9.17) is 10.5 Å². The predicted octanol–water partition coefficient (Wildman–Crippen LogP) is 1.44. The lowest BCUT2D eigenvalue weighted by molar-refractivity contribution is 0.185. The lowest BCUT2D eigenvalue weighted by Crippen LogP contribution is -2.06. The fraction of sp³-hybridized carbons (Fsp3) is 0.385. The monoisotopic (exact) mass is 246 g/mol. The van der Waals surface area contributed by atoms with Gasteiger partial charge in [-0.3, -0.25) is 4.68 Å². The summed E-state index contributed by atoms with van der Waals surface area (Å²) in [6, 6.07) is 8.06. The quantitative estimate of drug-likeness (QED) is 0.837. The van der Waals surface area contributed by atoms with Crippen molar-refractivity contribution in [3.8, 4) is 11.3 Å². The summed E-state index contributed by atoms with van der Waals surface area (Å²) in [4.78, 5) is 0. The molecule has 1 aromatic heterocycles. The van der Waals surface area contributed by atoms with Gasteiger partial charge in [0.05, 0.1) is 12.8 Å². The molecule has 0 bridgehead atoms. The van der Waals surface area contributed by atoms with Gasteiger partial charge >= 0.3 is 0 Å². The lowest BCUT2D eigenvalue weighted by Gasteiger charge is -2.05. The van der Waals surface area contributed by atoms with Gasteiger partial charge in [0.25, 0.3) is 0 Å². The molecule has 0 unspecified atom stereocenters. The van der Waals surface area contributed by atoms with Gasteiger partial charge in [-0.1, -0.05) is 29.5 Å². The van der Waals surface area contributed by atoms with Crippen molar-refractivity contribution in [2.75, 3.05) is 13.7 Å². The number of nitrogens with two attached hydrogens (primary N) is 1. The Hall–Kier alpha value is -1.72. The molecule has 0 amide bonds. The minimum absolute atomic E-state index is 0.575. The predicted molar refractivity (Wildman–Crippen MR) is 69.8 cm³/mol. The first-order valence-electron chi connectivity index (χ1n) is 6.02. The highest BCUT2D eigenvalue weighted by molar-refractivity contribution is 5.62. The number of aromatic nitrogens is 3. The van der Waals surface area contributed by atoms with Crippen LogP contribution in [0, 0.1) is 0 Å². The standard InChI is InChI=1S/C13H18N4O/c1-18-10-11-5-2-3-6-12(11)13-9-17(16-15-13)8-4-7-14/h2-3,5-6,9H,4,7-8,10,14H2,1H3. The summed E-state index contributed by atoms with van der Waals surface area (Å²) in [5.41, 5.74) is 8.54. The van der Waals surface area contributed by atoms with Gasteiger partial charge in [0, 0.05) is 19.2 Å². The SMILES string of the molecule is COCc1ccccc1-c1cn(CCCN)nn1. The average Bonchev–Trinajstić information content (AvgIpc) is 2.86. The molecule has 1 aromatic carbocycles. The number of ether oxygens (including phenoxy) is 1. The summed E-state index contributed by atoms with van der Waals surface area (Å²) in [7, 11) is 1.69. The summed E-state index contributed by atoms with van der Waals surface area (Å²) in [5.74, 6) is 0. The number of benzene rings is 1. The second kappa shape index (κ2) is 6.28. The highest BCUT2D eigenvalue weighted by Gasteiger charge is 2.08. The van der Waals surface area contributed by atoms with Crippen molar-refractivity contribution in [3.63, 3.8) is 0 Å². The van der Waals surface area contributed by atoms with Crippen LogP contribution in [-0.4, -0.2) is 28.6 Å². The number of hydrogen-bond donors (Lipinski definition) is 1. The number of rotatable bonds is 6. The zero-order valence-corrected chi connectivity index (χ0v) is 10.5. The molecule has 0 aliphatic heterocycles. The highest BCUT2D eigenvalue weighted by Crippen LogP contribution is 2.21. The Labute approximate surface area is 107 Å². The van der Waals surface area contributed by atoms with E-state index >= 15 is 0 Å². The Bertz CT molecular complexity index is 495.